The van der Waals surface area contributed by atoms with Gasteiger partial charge in [-0.1, -0.05) is 57.1 Å². The first-order valence-corrected chi connectivity index (χ1v) is 7.72. The Morgan fingerprint density at radius 3 is 1.89 bits per heavy atom. The lowest BCUT2D eigenvalue weighted by Crippen LogP contribution is -1.97. The second kappa shape index (κ2) is 12.0. The molecule has 0 unspecified atom stereocenters. The van der Waals surface area contributed by atoms with Crippen LogP contribution in [-0.4, -0.2) is 13.2 Å². The SMILES string of the molecule is NCCCCCCCCCCCOc1cc[c]cc1. The van der Waals surface area contributed by atoms with Gasteiger partial charge in [-0.05, 0) is 37.6 Å². The molecule has 0 heterocycles. The van der Waals surface area contributed by atoms with Crippen molar-refractivity contribution in [2.24, 2.45) is 5.73 Å². The molecule has 1 aromatic rings. The number of benzene rings is 1. The van der Waals surface area contributed by atoms with E-state index < -0.39 is 0 Å². The Kier molecular flexibility index (Phi) is 10.2. The molecule has 0 amide bonds. The Balaban J connectivity index is 1.79. The topological polar surface area (TPSA) is 35.2 Å². The zero-order valence-electron chi connectivity index (χ0n) is 12.1. The summed E-state index contributed by atoms with van der Waals surface area (Å²) in [5, 5.41) is 0. The van der Waals surface area contributed by atoms with Crippen molar-refractivity contribution in [3.8, 4) is 5.75 Å². The molecule has 0 aliphatic carbocycles. The Labute approximate surface area is 118 Å². The largest absolute Gasteiger partial charge is 0.494 e. The van der Waals surface area contributed by atoms with Crippen LogP contribution in [0, 0.1) is 6.07 Å². The molecule has 0 spiro atoms. The van der Waals surface area contributed by atoms with Crippen molar-refractivity contribution in [2.45, 2.75) is 57.8 Å². The van der Waals surface area contributed by atoms with Crippen LogP contribution in [0.25, 0.3) is 0 Å². The van der Waals surface area contributed by atoms with Gasteiger partial charge in [-0.25, -0.2) is 0 Å². The molecule has 0 saturated heterocycles. The maximum absolute atomic E-state index is 5.65. The molecular formula is C17H28NO. The van der Waals surface area contributed by atoms with E-state index in [1.54, 1.807) is 0 Å². The smallest absolute Gasteiger partial charge is 0.119 e. The van der Waals surface area contributed by atoms with Crippen LogP contribution < -0.4 is 10.5 Å². The molecule has 0 aliphatic rings. The predicted octanol–water partition coefficient (Wildman–Crippen LogP) is 4.34. The molecular weight excluding hydrogens is 234 g/mol. The highest BCUT2D eigenvalue weighted by atomic mass is 16.5. The van der Waals surface area contributed by atoms with E-state index in [1.165, 1.54) is 51.4 Å². The average molecular weight is 262 g/mol. The van der Waals surface area contributed by atoms with Gasteiger partial charge in [0, 0.05) is 0 Å². The van der Waals surface area contributed by atoms with E-state index in [1.807, 2.05) is 24.3 Å². The Morgan fingerprint density at radius 2 is 1.32 bits per heavy atom. The fourth-order valence-electron chi connectivity index (χ4n) is 2.14. The lowest BCUT2D eigenvalue weighted by atomic mass is 10.1. The highest BCUT2D eigenvalue weighted by Crippen LogP contribution is 2.11. The van der Waals surface area contributed by atoms with Gasteiger partial charge in [0.05, 0.1) is 6.61 Å². The van der Waals surface area contributed by atoms with Gasteiger partial charge in [-0.3, -0.25) is 0 Å². The second-order valence-electron chi connectivity index (χ2n) is 5.05. The summed E-state index contributed by atoms with van der Waals surface area (Å²) in [7, 11) is 0. The predicted molar refractivity (Wildman–Crippen MR) is 81.4 cm³/mol. The van der Waals surface area contributed by atoms with Crippen LogP contribution in [0.15, 0.2) is 24.3 Å². The molecule has 107 valence electrons. The highest BCUT2D eigenvalue weighted by Gasteiger charge is 1.94. The van der Waals surface area contributed by atoms with Gasteiger partial charge in [0.15, 0.2) is 0 Å². The van der Waals surface area contributed by atoms with Gasteiger partial charge in [0.2, 0.25) is 0 Å². The molecule has 0 saturated carbocycles. The first kappa shape index (κ1) is 16.0. The summed E-state index contributed by atoms with van der Waals surface area (Å²) >= 11 is 0. The van der Waals surface area contributed by atoms with Crippen molar-refractivity contribution in [2.75, 3.05) is 13.2 Å². The minimum Gasteiger partial charge on any atom is -0.494 e. The number of rotatable bonds is 12. The van der Waals surface area contributed by atoms with Crippen molar-refractivity contribution >= 4 is 0 Å². The summed E-state index contributed by atoms with van der Waals surface area (Å²) in [5.41, 5.74) is 5.47. The van der Waals surface area contributed by atoms with E-state index in [2.05, 4.69) is 6.07 Å². The molecule has 19 heavy (non-hydrogen) atoms. The fourth-order valence-corrected chi connectivity index (χ4v) is 2.14. The normalized spacial score (nSPS) is 10.6. The van der Waals surface area contributed by atoms with Crippen LogP contribution in [0.3, 0.4) is 0 Å². The number of hydrogen-bond donors (Lipinski definition) is 1. The number of unbranched alkanes of at least 4 members (excludes halogenated alkanes) is 8. The van der Waals surface area contributed by atoms with Gasteiger partial charge in [0.1, 0.15) is 5.75 Å². The third-order valence-electron chi connectivity index (χ3n) is 3.30. The first-order chi connectivity index (χ1) is 9.43. The summed E-state index contributed by atoms with van der Waals surface area (Å²) in [4.78, 5) is 0. The maximum atomic E-state index is 5.65. The van der Waals surface area contributed by atoms with Crippen LogP contribution in [0.4, 0.5) is 0 Å². The summed E-state index contributed by atoms with van der Waals surface area (Å²) in [6, 6.07) is 10.7. The third-order valence-corrected chi connectivity index (χ3v) is 3.30. The summed E-state index contributed by atoms with van der Waals surface area (Å²) < 4.78 is 5.65. The third kappa shape index (κ3) is 9.54. The molecule has 0 aliphatic heterocycles. The fraction of sp³-hybridized carbons (Fsp3) is 0.647. The summed E-state index contributed by atoms with van der Waals surface area (Å²) in [6.45, 7) is 1.68. The molecule has 1 aromatic carbocycles. The highest BCUT2D eigenvalue weighted by molar-refractivity contribution is 5.20. The number of hydrogen-bond acceptors (Lipinski definition) is 2. The monoisotopic (exact) mass is 262 g/mol. The van der Waals surface area contributed by atoms with E-state index >= 15 is 0 Å². The van der Waals surface area contributed by atoms with Gasteiger partial charge in [0.25, 0.3) is 0 Å². The van der Waals surface area contributed by atoms with E-state index in [-0.39, 0.29) is 0 Å². The standard InChI is InChI=1S/C17H28NO/c18-15-11-6-4-2-1-3-5-7-12-16-19-17-13-9-8-10-14-17/h9-10,13-14H,1-7,11-12,15-16,18H2. The zero-order valence-corrected chi connectivity index (χ0v) is 12.1. The molecule has 0 aromatic heterocycles. The minimum atomic E-state index is 0.834. The van der Waals surface area contributed by atoms with Crippen LogP contribution in [-0.2, 0) is 0 Å². The van der Waals surface area contributed by atoms with Crippen molar-refractivity contribution in [1.82, 2.24) is 0 Å². The lowest BCUT2D eigenvalue weighted by molar-refractivity contribution is 0.304. The van der Waals surface area contributed by atoms with Crippen LogP contribution in [0.5, 0.6) is 5.75 Å². The average Bonchev–Trinajstić information content (AvgIpc) is 2.46. The summed E-state index contributed by atoms with van der Waals surface area (Å²) in [6.07, 6.45) is 11.7. The van der Waals surface area contributed by atoms with E-state index in [0.717, 1.165) is 25.3 Å². The maximum Gasteiger partial charge on any atom is 0.119 e. The molecule has 1 rings (SSSR count). The molecule has 2 nitrogen and oxygen atoms in total. The molecule has 2 heteroatoms. The molecule has 0 fully saturated rings. The number of nitrogens with two attached hydrogens (primary N) is 1. The van der Waals surface area contributed by atoms with Crippen LogP contribution in [0.1, 0.15) is 57.8 Å². The molecule has 0 atom stereocenters. The van der Waals surface area contributed by atoms with Crippen molar-refractivity contribution < 1.29 is 4.74 Å². The van der Waals surface area contributed by atoms with E-state index in [4.69, 9.17) is 10.5 Å². The van der Waals surface area contributed by atoms with E-state index in [9.17, 15) is 0 Å². The van der Waals surface area contributed by atoms with E-state index in [0.29, 0.717) is 0 Å². The van der Waals surface area contributed by atoms with Gasteiger partial charge >= 0.3 is 0 Å². The Bertz CT molecular complexity index is 287. The van der Waals surface area contributed by atoms with Crippen molar-refractivity contribution in [3.05, 3.63) is 30.3 Å². The van der Waals surface area contributed by atoms with Gasteiger partial charge in [-0.15, -0.1) is 0 Å². The zero-order chi connectivity index (χ0) is 13.6. The Morgan fingerprint density at radius 1 is 0.789 bits per heavy atom. The first-order valence-electron chi connectivity index (χ1n) is 7.72. The quantitative estimate of drug-likeness (QED) is 0.569. The number of ether oxygens (including phenoxy) is 1. The summed E-state index contributed by atoms with van der Waals surface area (Å²) in [5.74, 6) is 0.957. The van der Waals surface area contributed by atoms with Crippen LogP contribution >= 0.6 is 0 Å². The minimum absolute atomic E-state index is 0.834. The van der Waals surface area contributed by atoms with Gasteiger partial charge < -0.3 is 10.5 Å². The lowest BCUT2D eigenvalue weighted by Gasteiger charge is -2.05. The van der Waals surface area contributed by atoms with Crippen molar-refractivity contribution in [1.29, 1.82) is 0 Å². The van der Waals surface area contributed by atoms with Gasteiger partial charge in [-0.2, -0.15) is 0 Å². The van der Waals surface area contributed by atoms with Crippen molar-refractivity contribution in [3.63, 3.8) is 0 Å². The van der Waals surface area contributed by atoms with Crippen LogP contribution in [0.2, 0.25) is 0 Å². The molecule has 0 bridgehead atoms. The molecule has 1 radical (unpaired) electrons. The Hall–Kier alpha value is -1.02. The second-order valence-corrected chi connectivity index (χ2v) is 5.05. The molecule has 2 N–H and O–H groups in total.